The van der Waals surface area contributed by atoms with Gasteiger partial charge in [-0.05, 0) is 18.4 Å². The Morgan fingerprint density at radius 3 is 2.82 bits per heavy atom. The molecule has 1 heterocycles. The molecule has 0 saturated carbocycles. The second kappa shape index (κ2) is 2.22. The molecular weight excluding hydrogens is 138 g/mol. The van der Waals surface area contributed by atoms with Gasteiger partial charge in [0.05, 0.1) is 6.42 Å². The van der Waals surface area contributed by atoms with Gasteiger partial charge in [0.25, 0.3) is 0 Å². The fourth-order valence-corrected chi connectivity index (χ4v) is 1.64. The predicted octanol–water partition coefficient (Wildman–Crippen LogP) is 1.45. The van der Waals surface area contributed by atoms with Gasteiger partial charge in [0.15, 0.2) is 0 Å². The first-order valence-electron chi connectivity index (χ1n) is 3.95. The zero-order chi connectivity index (χ0) is 7.84. The molecule has 11 heavy (non-hydrogen) atoms. The Morgan fingerprint density at radius 2 is 2.09 bits per heavy atom. The van der Waals surface area contributed by atoms with Crippen LogP contribution in [0, 0.1) is 0 Å². The lowest BCUT2D eigenvalue weighted by Gasteiger charge is -2.13. The topological polar surface area (TPSA) is 20.3 Å². The van der Waals surface area contributed by atoms with E-state index < -0.39 is 0 Å². The first-order chi connectivity index (χ1) is 5.29. The molecule has 0 N–H and O–H groups in total. The van der Waals surface area contributed by atoms with Gasteiger partial charge >= 0.3 is 0 Å². The molecule has 2 nitrogen and oxygen atoms in total. The molecular formula is C9H11NO. The van der Waals surface area contributed by atoms with Crippen LogP contribution in [0.5, 0.6) is 0 Å². The van der Waals surface area contributed by atoms with Gasteiger partial charge in [0.2, 0.25) is 5.91 Å². The van der Waals surface area contributed by atoms with Gasteiger partial charge in [-0.3, -0.25) is 4.79 Å². The molecule has 0 aromatic carbocycles. The van der Waals surface area contributed by atoms with Crippen molar-refractivity contribution in [3.63, 3.8) is 0 Å². The molecule has 1 aliphatic carbocycles. The Balaban J connectivity index is 2.39. The van der Waals surface area contributed by atoms with Gasteiger partial charge in [-0.15, -0.1) is 0 Å². The number of fused-ring (bicyclic) bond motifs is 1. The van der Waals surface area contributed by atoms with E-state index in [1.54, 1.807) is 4.90 Å². The lowest BCUT2D eigenvalue weighted by molar-refractivity contribution is -0.125. The molecule has 0 atom stereocenters. The third-order valence-electron chi connectivity index (χ3n) is 2.30. The zero-order valence-corrected chi connectivity index (χ0v) is 6.63. The molecule has 58 valence electrons. The summed E-state index contributed by atoms with van der Waals surface area (Å²) in [5, 5.41) is 0. The number of allylic oxidation sites excluding steroid dienone is 3. The van der Waals surface area contributed by atoms with Gasteiger partial charge in [-0.1, -0.05) is 12.2 Å². The summed E-state index contributed by atoms with van der Waals surface area (Å²) in [5.41, 5.74) is 2.37. The van der Waals surface area contributed by atoms with Crippen LogP contribution < -0.4 is 0 Å². The fraction of sp³-hybridized carbons (Fsp3) is 0.444. The summed E-state index contributed by atoms with van der Waals surface area (Å²) in [6, 6.07) is 0. The number of amides is 1. The van der Waals surface area contributed by atoms with E-state index in [-0.39, 0.29) is 5.91 Å². The Labute approximate surface area is 66.2 Å². The van der Waals surface area contributed by atoms with Crippen molar-refractivity contribution in [1.82, 2.24) is 4.90 Å². The van der Waals surface area contributed by atoms with Crippen molar-refractivity contribution < 1.29 is 4.79 Å². The number of likely N-dealkylation sites (tertiary alicyclic amines) is 1. The van der Waals surface area contributed by atoms with E-state index in [2.05, 4.69) is 12.2 Å². The summed E-state index contributed by atoms with van der Waals surface area (Å²) in [6.45, 7) is 0. The second-order valence-electron chi connectivity index (χ2n) is 3.03. The summed E-state index contributed by atoms with van der Waals surface area (Å²) >= 11 is 0. The summed E-state index contributed by atoms with van der Waals surface area (Å²) in [7, 11) is 1.85. The normalized spacial score (nSPS) is 23.0. The summed E-state index contributed by atoms with van der Waals surface area (Å²) < 4.78 is 0. The number of carbonyl (C=O) groups is 1. The van der Waals surface area contributed by atoms with E-state index in [1.165, 1.54) is 5.57 Å². The molecule has 2 rings (SSSR count). The van der Waals surface area contributed by atoms with Gasteiger partial charge < -0.3 is 4.90 Å². The number of carbonyl (C=O) groups excluding carboxylic acids is 1. The molecule has 0 aromatic rings. The lowest BCUT2D eigenvalue weighted by atomic mass is 10.0. The average Bonchev–Trinajstić information content (AvgIpc) is 2.30. The summed E-state index contributed by atoms with van der Waals surface area (Å²) in [4.78, 5) is 12.9. The van der Waals surface area contributed by atoms with Gasteiger partial charge in [0, 0.05) is 12.7 Å². The molecule has 0 bridgehead atoms. The number of likely N-dealkylation sites (N-methyl/N-ethyl adjacent to an activating group) is 1. The van der Waals surface area contributed by atoms with E-state index in [1.807, 2.05) is 7.05 Å². The highest BCUT2D eigenvalue weighted by atomic mass is 16.2. The maximum absolute atomic E-state index is 11.2. The van der Waals surface area contributed by atoms with E-state index in [4.69, 9.17) is 0 Å². The van der Waals surface area contributed by atoms with Crippen LogP contribution in [0.2, 0.25) is 0 Å². The van der Waals surface area contributed by atoms with E-state index in [0.29, 0.717) is 6.42 Å². The fourth-order valence-electron chi connectivity index (χ4n) is 1.64. The molecule has 1 saturated heterocycles. The Bertz CT molecular complexity index is 263. The third kappa shape index (κ3) is 0.897. The lowest BCUT2D eigenvalue weighted by Crippen LogP contribution is -2.17. The molecule has 1 aliphatic heterocycles. The minimum absolute atomic E-state index is 0.226. The van der Waals surface area contributed by atoms with Gasteiger partial charge in [-0.25, -0.2) is 0 Å². The first kappa shape index (κ1) is 6.65. The van der Waals surface area contributed by atoms with Crippen molar-refractivity contribution in [2.24, 2.45) is 0 Å². The van der Waals surface area contributed by atoms with Crippen LogP contribution in [0.3, 0.4) is 0 Å². The van der Waals surface area contributed by atoms with Crippen LogP contribution in [-0.2, 0) is 4.79 Å². The van der Waals surface area contributed by atoms with Gasteiger partial charge in [-0.2, -0.15) is 0 Å². The van der Waals surface area contributed by atoms with Crippen molar-refractivity contribution in [2.75, 3.05) is 7.05 Å². The molecule has 0 aromatic heterocycles. The van der Waals surface area contributed by atoms with Crippen LogP contribution in [-0.4, -0.2) is 17.9 Å². The maximum atomic E-state index is 11.2. The Kier molecular flexibility index (Phi) is 1.34. The smallest absolute Gasteiger partial charge is 0.231 e. The average molecular weight is 149 g/mol. The minimum atomic E-state index is 0.226. The van der Waals surface area contributed by atoms with Crippen molar-refractivity contribution in [3.8, 4) is 0 Å². The Morgan fingerprint density at radius 1 is 1.36 bits per heavy atom. The number of nitrogens with zero attached hydrogens (tertiary/aromatic N) is 1. The summed E-state index contributed by atoms with van der Waals surface area (Å²) in [6.07, 6.45) is 7.12. The molecule has 1 amide bonds. The molecule has 1 fully saturated rings. The predicted molar refractivity (Wildman–Crippen MR) is 42.8 cm³/mol. The highest BCUT2D eigenvalue weighted by molar-refractivity contribution is 5.86. The van der Waals surface area contributed by atoms with E-state index in [0.717, 1.165) is 18.5 Å². The second-order valence-corrected chi connectivity index (χ2v) is 3.03. The van der Waals surface area contributed by atoms with E-state index >= 15 is 0 Å². The van der Waals surface area contributed by atoms with Crippen molar-refractivity contribution in [2.45, 2.75) is 19.3 Å². The molecule has 0 radical (unpaired) electrons. The van der Waals surface area contributed by atoms with Crippen LogP contribution in [0.25, 0.3) is 0 Å². The van der Waals surface area contributed by atoms with Crippen molar-refractivity contribution in [3.05, 3.63) is 23.4 Å². The first-order valence-corrected chi connectivity index (χ1v) is 3.95. The SMILES string of the molecule is CN1C(=O)CC2=CCCC=C21. The number of hydrogen-bond acceptors (Lipinski definition) is 1. The zero-order valence-electron chi connectivity index (χ0n) is 6.63. The largest absolute Gasteiger partial charge is 0.315 e. The number of rotatable bonds is 0. The van der Waals surface area contributed by atoms with E-state index in [9.17, 15) is 4.79 Å². The quantitative estimate of drug-likeness (QED) is 0.510. The van der Waals surface area contributed by atoms with Gasteiger partial charge in [0.1, 0.15) is 0 Å². The van der Waals surface area contributed by atoms with Crippen LogP contribution >= 0.6 is 0 Å². The number of hydrogen-bond donors (Lipinski definition) is 0. The molecule has 0 unspecified atom stereocenters. The third-order valence-corrected chi connectivity index (χ3v) is 2.30. The van der Waals surface area contributed by atoms with Crippen LogP contribution in [0.15, 0.2) is 23.4 Å². The monoisotopic (exact) mass is 149 g/mol. The van der Waals surface area contributed by atoms with Crippen molar-refractivity contribution in [1.29, 1.82) is 0 Å². The highest BCUT2D eigenvalue weighted by Gasteiger charge is 2.27. The Hall–Kier alpha value is -1.05. The minimum Gasteiger partial charge on any atom is -0.315 e. The maximum Gasteiger partial charge on any atom is 0.231 e. The standard InChI is InChI=1S/C9H11NO/c1-10-8-5-3-2-4-7(8)6-9(10)11/h4-5H,2-3,6H2,1H3. The van der Waals surface area contributed by atoms with Crippen LogP contribution in [0.1, 0.15) is 19.3 Å². The highest BCUT2D eigenvalue weighted by Crippen LogP contribution is 2.30. The molecule has 2 aliphatic rings. The molecule has 2 heteroatoms. The summed E-state index contributed by atoms with van der Waals surface area (Å²) in [5.74, 6) is 0.226. The van der Waals surface area contributed by atoms with Crippen molar-refractivity contribution >= 4 is 5.91 Å². The molecule has 0 spiro atoms. The van der Waals surface area contributed by atoms with Crippen LogP contribution in [0.4, 0.5) is 0 Å².